The molecule has 0 fully saturated rings. The molecule has 154 valence electrons. The van der Waals surface area contributed by atoms with E-state index in [-0.39, 0.29) is 22.8 Å². The summed E-state index contributed by atoms with van der Waals surface area (Å²) in [4.78, 5) is 16.2. The lowest BCUT2D eigenvalue weighted by atomic mass is 10.2. The molecule has 0 amide bonds. The summed E-state index contributed by atoms with van der Waals surface area (Å²) in [5.74, 6) is -1.84. The number of nitrogen functional groups attached to an aromatic ring is 1. The van der Waals surface area contributed by atoms with Crippen LogP contribution in [0.5, 0.6) is 0 Å². The van der Waals surface area contributed by atoms with Gasteiger partial charge in [0.15, 0.2) is 0 Å². The van der Waals surface area contributed by atoms with Gasteiger partial charge in [0.2, 0.25) is 0 Å². The quantitative estimate of drug-likeness (QED) is 0.174. The zero-order valence-electron chi connectivity index (χ0n) is 15.0. The number of hydrogen-bond donors (Lipinski definition) is 3. The number of pyridine rings is 1. The zero-order valence-corrected chi connectivity index (χ0v) is 20.1. The number of thiophene rings is 1. The van der Waals surface area contributed by atoms with E-state index in [1.807, 2.05) is 45.2 Å². The molecule has 4 rings (SSSR count). The third-order valence-electron chi connectivity index (χ3n) is 3.82. The molecule has 0 unspecified atom stereocenters. The summed E-state index contributed by atoms with van der Waals surface area (Å²) in [6, 6.07) is 12.8. The van der Waals surface area contributed by atoms with E-state index >= 15 is 0 Å². The molecule has 0 aliphatic rings. The molecule has 2 heterocycles. The van der Waals surface area contributed by atoms with Crippen LogP contribution in [0, 0.1) is 18.8 Å². The molecule has 0 saturated carbocycles. The number of nitrogens with zero attached hydrogens (tertiary/aromatic N) is 1. The number of anilines is 3. The second kappa shape index (κ2) is 9.83. The molecule has 0 spiro atoms. The van der Waals surface area contributed by atoms with Crippen molar-refractivity contribution in [2.75, 3.05) is 11.1 Å². The fraction of sp³-hybridized carbons (Fsp3) is 0. The van der Waals surface area contributed by atoms with E-state index in [0.29, 0.717) is 15.2 Å². The first-order valence-corrected chi connectivity index (χ1v) is 11.3. The van der Waals surface area contributed by atoms with Crippen LogP contribution in [-0.2, 0) is 0 Å². The Morgan fingerprint density at radius 1 is 1.07 bits per heavy atom. The van der Waals surface area contributed by atoms with Crippen LogP contribution in [0.4, 0.5) is 25.2 Å². The topological polar surface area (TPSA) is 88.2 Å². The van der Waals surface area contributed by atoms with Gasteiger partial charge in [0.05, 0.1) is 11.4 Å². The molecule has 0 radical (unpaired) electrons. The molecular weight excluding hydrogens is 638 g/mol. The summed E-state index contributed by atoms with van der Waals surface area (Å²) in [6.45, 7) is 0. The molecule has 2 aromatic carbocycles. The molecule has 5 nitrogen and oxygen atoms in total. The maximum atomic E-state index is 13.9. The summed E-state index contributed by atoms with van der Waals surface area (Å²) in [6.07, 6.45) is 1.60. The van der Waals surface area contributed by atoms with Crippen molar-refractivity contribution in [2.24, 2.45) is 0 Å². The van der Waals surface area contributed by atoms with Crippen molar-refractivity contribution in [3.05, 3.63) is 79.1 Å². The molecule has 4 aromatic rings. The van der Waals surface area contributed by atoms with Crippen LogP contribution in [0.15, 0.2) is 54.7 Å². The average molecular weight is 651 g/mol. The van der Waals surface area contributed by atoms with Crippen molar-refractivity contribution in [3.8, 4) is 0 Å². The molecule has 0 bridgehead atoms. The first-order valence-electron chi connectivity index (χ1n) is 8.29. The molecule has 2 aromatic heterocycles. The van der Waals surface area contributed by atoms with Gasteiger partial charge in [0, 0.05) is 18.7 Å². The van der Waals surface area contributed by atoms with E-state index in [9.17, 15) is 18.7 Å². The van der Waals surface area contributed by atoms with Gasteiger partial charge in [-0.3, -0.25) is 0 Å². The first kappa shape index (κ1) is 22.6. The van der Waals surface area contributed by atoms with E-state index in [1.165, 1.54) is 23.5 Å². The van der Waals surface area contributed by atoms with Crippen LogP contribution >= 0.6 is 56.5 Å². The largest absolute Gasteiger partial charge is 0.478 e. The van der Waals surface area contributed by atoms with Crippen LogP contribution in [0.25, 0.3) is 10.2 Å². The number of rotatable bonds is 3. The van der Waals surface area contributed by atoms with Crippen molar-refractivity contribution in [1.82, 2.24) is 4.98 Å². The van der Waals surface area contributed by atoms with Gasteiger partial charge >= 0.3 is 5.97 Å². The number of carboxylic acid groups (broad SMARTS) is 1. The van der Waals surface area contributed by atoms with Crippen LogP contribution < -0.4 is 11.1 Å². The summed E-state index contributed by atoms with van der Waals surface area (Å²) in [5.41, 5.74) is 5.77. The lowest BCUT2D eigenvalue weighted by Gasteiger charge is -2.06. The minimum absolute atomic E-state index is 0.112. The van der Waals surface area contributed by atoms with Crippen LogP contribution in [0.3, 0.4) is 0 Å². The molecule has 0 saturated heterocycles. The standard InChI is InChI=1S/C14H8FIN2O2S.C6H5FIN/c15-9-6-7(16)3-4-10(9)18-13-11(14(19)20)8-2-1-5-17-12(8)21-13;7-5-3-4(8)1-2-6(5)9/h1-6,18H,(H,19,20);1-3H,9H2. The van der Waals surface area contributed by atoms with E-state index < -0.39 is 11.8 Å². The minimum atomic E-state index is -1.07. The third kappa shape index (κ3) is 5.35. The second-order valence-electron chi connectivity index (χ2n) is 5.88. The smallest absolute Gasteiger partial charge is 0.339 e. The van der Waals surface area contributed by atoms with E-state index in [4.69, 9.17) is 5.73 Å². The van der Waals surface area contributed by atoms with Crippen LogP contribution in [0.1, 0.15) is 10.4 Å². The Bertz CT molecular complexity index is 1230. The van der Waals surface area contributed by atoms with Gasteiger partial charge in [-0.15, -0.1) is 0 Å². The van der Waals surface area contributed by atoms with Crippen LogP contribution in [-0.4, -0.2) is 16.1 Å². The lowest BCUT2D eigenvalue weighted by Crippen LogP contribution is -2.01. The summed E-state index contributed by atoms with van der Waals surface area (Å²) in [7, 11) is 0. The maximum Gasteiger partial charge on any atom is 0.339 e. The predicted octanol–water partition coefficient (Wildman–Crippen LogP) is 6.49. The number of hydrogen-bond acceptors (Lipinski definition) is 5. The Morgan fingerprint density at radius 3 is 2.33 bits per heavy atom. The number of carbonyl (C=O) groups is 1. The lowest BCUT2D eigenvalue weighted by molar-refractivity contribution is 0.0700. The summed E-state index contributed by atoms with van der Waals surface area (Å²) in [5, 5.41) is 13.2. The van der Waals surface area contributed by atoms with E-state index in [1.54, 1.807) is 42.6 Å². The number of aromatic nitrogens is 1. The molecule has 0 aliphatic carbocycles. The number of benzene rings is 2. The molecule has 30 heavy (non-hydrogen) atoms. The number of carboxylic acids is 1. The number of fused-ring (bicyclic) bond motifs is 1. The number of nitrogens with two attached hydrogens (primary N) is 1. The minimum Gasteiger partial charge on any atom is -0.478 e. The van der Waals surface area contributed by atoms with Gasteiger partial charge in [-0.2, -0.15) is 0 Å². The second-order valence-corrected chi connectivity index (χ2v) is 9.37. The Labute approximate surface area is 201 Å². The Kier molecular flexibility index (Phi) is 7.41. The van der Waals surface area contributed by atoms with E-state index in [0.717, 1.165) is 7.14 Å². The molecule has 4 N–H and O–H groups in total. The van der Waals surface area contributed by atoms with E-state index in [2.05, 4.69) is 10.3 Å². The highest BCUT2D eigenvalue weighted by Crippen LogP contribution is 2.36. The molecule has 0 aliphatic heterocycles. The first-order chi connectivity index (χ1) is 14.3. The van der Waals surface area contributed by atoms with Gasteiger partial charge in [-0.1, -0.05) is 11.3 Å². The van der Waals surface area contributed by atoms with Gasteiger partial charge in [0.1, 0.15) is 27.0 Å². The third-order valence-corrected chi connectivity index (χ3v) is 6.19. The monoisotopic (exact) mass is 651 g/mol. The summed E-state index contributed by atoms with van der Waals surface area (Å²) >= 11 is 5.23. The van der Waals surface area contributed by atoms with Gasteiger partial charge in [0.25, 0.3) is 0 Å². The predicted molar refractivity (Wildman–Crippen MR) is 133 cm³/mol. The Morgan fingerprint density at radius 2 is 1.73 bits per heavy atom. The Balaban J connectivity index is 0.000000239. The van der Waals surface area contributed by atoms with Crippen LogP contribution in [0.2, 0.25) is 0 Å². The number of halogens is 4. The average Bonchev–Trinajstić information content (AvgIpc) is 3.06. The highest BCUT2D eigenvalue weighted by Gasteiger charge is 2.19. The number of nitrogens with one attached hydrogen (secondary N) is 1. The molecule has 10 heteroatoms. The number of aromatic carboxylic acids is 1. The van der Waals surface area contributed by atoms with Crippen molar-refractivity contribution >= 4 is 89.1 Å². The van der Waals surface area contributed by atoms with Crippen molar-refractivity contribution in [1.29, 1.82) is 0 Å². The fourth-order valence-electron chi connectivity index (χ4n) is 2.45. The normalized spacial score (nSPS) is 10.4. The van der Waals surface area contributed by atoms with Gasteiger partial charge in [-0.25, -0.2) is 18.6 Å². The van der Waals surface area contributed by atoms with Crippen molar-refractivity contribution in [3.63, 3.8) is 0 Å². The maximum absolute atomic E-state index is 13.9. The SMILES string of the molecule is Nc1ccc(I)cc1F.O=C(O)c1c(Nc2ccc(I)cc2F)sc2ncccc12. The Hall–Kier alpha value is -2.06. The van der Waals surface area contributed by atoms with Crippen molar-refractivity contribution in [2.45, 2.75) is 0 Å². The van der Waals surface area contributed by atoms with Gasteiger partial charge in [-0.05, 0) is 93.7 Å². The zero-order chi connectivity index (χ0) is 21.8. The van der Waals surface area contributed by atoms with Gasteiger partial charge < -0.3 is 16.2 Å². The summed E-state index contributed by atoms with van der Waals surface area (Å²) < 4.78 is 28.0. The highest BCUT2D eigenvalue weighted by molar-refractivity contribution is 14.1. The molecular formula is C20H13F2I2N3O2S. The van der Waals surface area contributed by atoms with Crippen molar-refractivity contribution < 1.29 is 18.7 Å². The fourth-order valence-corrected chi connectivity index (χ4v) is 4.40. The molecule has 0 atom stereocenters. The highest BCUT2D eigenvalue weighted by atomic mass is 127.